The fourth-order valence-corrected chi connectivity index (χ4v) is 3.29. The molecule has 0 aliphatic heterocycles. The predicted molar refractivity (Wildman–Crippen MR) is 113 cm³/mol. The summed E-state index contributed by atoms with van der Waals surface area (Å²) in [6.45, 7) is 2.75. The Morgan fingerprint density at radius 3 is 1.96 bits per heavy atom. The molecule has 0 aliphatic rings. The van der Waals surface area contributed by atoms with Crippen molar-refractivity contribution in [3.8, 4) is 0 Å². The molecular formula is C22H42N3NaO2. The van der Waals surface area contributed by atoms with Gasteiger partial charge < -0.3 is 16.9 Å². The fourth-order valence-electron chi connectivity index (χ4n) is 3.29. The Bertz CT molecular complexity index is 461. The largest absolute Gasteiger partial charge is 1.00 e. The van der Waals surface area contributed by atoms with Crippen molar-refractivity contribution in [3.05, 3.63) is 18.2 Å². The fraction of sp³-hybridized carbons (Fsp3) is 0.818. The number of esters is 1. The van der Waals surface area contributed by atoms with E-state index < -0.39 is 6.04 Å². The van der Waals surface area contributed by atoms with E-state index in [9.17, 15) is 4.79 Å². The van der Waals surface area contributed by atoms with Crippen molar-refractivity contribution >= 4 is 5.97 Å². The number of aromatic amines is 1. The first-order valence-corrected chi connectivity index (χ1v) is 11.1. The molecule has 0 saturated heterocycles. The van der Waals surface area contributed by atoms with Crippen LogP contribution in [0.25, 0.3) is 0 Å². The van der Waals surface area contributed by atoms with Gasteiger partial charge in [0.15, 0.2) is 0 Å². The summed E-state index contributed by atoms with van der Waals surface area (Å²) in [5.41, 5.74) is 6.70. The van der Waals surface area contributed by atoms with Crippen molar-refractivity contribution in [1.82, 2.24) is 9.97 Å². The van der Waals surface area contributed by atoms with E-state index in [1.807, 2.05) is 0 Å². The second-order valence-corrected chi connectivity index (χ2v) is 7.65. The van der Waals surface area contributed by atoms with Gasteiger partial charge in [0, 0.05) is 18.3 Å². The number of imidazole rings is 1. The van der Waals surface area contributed by atoms with Crippen LogP contribution >= 0.6 is 0 Å². The van der Waals surface area contributed by atoms with Gasteiger partial charge in [-0.15, -0.1) is 0 Å². The topological polar surface area (TPSA) is 81.0 Å². The number of hydrogen-bond acceptors (Lipinski definition) is 4. The minimum Gasteiger partial charge on any atom is -1.00 e. The van der Waals surface area contributed by atoms with Gasteiger partial charge in [0.1, 0.15) is 6.04 Å². The number of H-pyrrole nitrogens is 1. The average Bonchev–Trinajstić information content (AvgIpc) is 3.17. The number of unbranched alkanes of at least 4 members (excludes halogenated alkanes) is 13. The Morgan fingerprint density at radius 1 is 1.00 bits per heavy atom. The van der Waals surface area contributed by atoms with Crippen LogP contribution in [0.1, 0.15) is 104 Å². The monoisotopic (exact) mass is 403 g/mol. The van der Waals surface area contributed by atoms with E-state index in [1.54, 1.807) is 12.5 Å². The number of carbonyl (C=O) groups excluding carboxylic acids is 1. The second kappa shape index (κ2) is 19.9. The van der Waals surface area contributed by atoms with Crippen LogP contribution in [-0.4, -0.2) is 28.6 Å². The molecule has 0 spiro atoms. The molecular weight excluding hydrogens is 361 g/mol. The van der Waals surface area contributed by atoms with E-state index in [-0.39, 0.29) is 37.0 Å². The summed E-state index contributed by atoms with van der Waals surface area (Å²) in [5.74, 6) is -0.320. The predicted octanol–water partition coefficient (Wildman–Crippen LogP) is 2.42. The SMILES string of the molecule is CCCCCCCCCCCCCCCCOC(=O)[C@@H](N)Cc1cnc[nH]1.[H-].[Na+]. The molecule has 28 heavy (non-hydrogen) atoms. The van der Waals surface area contributed by atoms with Gasteiger partial charge in [-0.3, -0.25) is 4.79 Å². The number of nitrogens with two attached hydrogens (primary N) is 1. The number of aromatic nitrogens is 2. The first-order chi connectivity index (χ1) is 13.2. The Hall–Kier alpha value is -0.360. The molecule has 0 aliphatic carbocycles. The number of hydrogen-bond donors (Lipinski definition) is 2. The van der Waals surface area contributed by atoms with Gasteiger partial charge in [-0.05, 0) is 6.42 Å². The van der Waals surface area contributed by atoms with E-state index in [2.05, 4.69) is 16.9 Å². The molecule has 1 aromatic rings. The molecule has 0 bridgehead atoms. The van der Waals surface area contributed by atoms with Gasteiger partial charge in [0.25, 0.3) is 0 Å². The minimum absolute atomic E-state index is 0. The Labute approximate surface area is 195 Å². The van der Waals surface area contributed by atoms with Crippen LogP contribution in [0.5, 0.6) is 0 Å². The van der Waals surface area contributed by atoms with Crippen LogP contribution in [0, 0.1) is 0 Å². The summed E-state index contributed by atoms with van der Waals surface area (Å²) in [6.07, 6.45) is 22.2. The molecule has 0 radical (unpaired) electrons. The maximum absolute atomic E-state index is 11.8. The molecule has 158 valence electrons. The van der Waals surface area contributed by atoms with Gasteiger partial charge in [0.05, 0.1) is 12.9 Å². The average molecular weight is 404 g/mol. The molecule has 6 heteroatoms. The van der Waals surface area contributed by atoms with Crippen LogP contribution in [0.15, 0.2) is 12.5 Å². The van der Waals surface area contributed by atoms with Crippen LogP contribution in [-0.2, 0) is 16.0 Å². The first-order valence-electron chi connectivity index (χ1n) is 11.1. The third-order valence-corrected chi connectivity index (χ3v) is 5.04. The Morgan fingerprint density at radius 2 is 1.50 bits per heavy atom. The number of ether oxygens (including phenoxy) is 1. The third-order valence-electron chi connectivity index (χ3n) is 5.04. The summed E-state index contributed by atoms with van der Waals surface area (Å²) in [7, 11) is 0. The Balaban J connectivity index is 0. The Kier molecular flexibility index (Phi) is 19.7. The maximum Gasteiger partial charge on any atom is 1.00 e. The van der Waals surface area contributed by atoms with Gasteiger partial charge in [-0.25, -0.2) is 4.98 Å². The standard InChI is InChI=1S/C22H41N3O2.Na.H/c1-2-3-4-5-6-7-8-9-10-11-12-13-14-15-16-27-22(26)21(23)17-20-18-24-19-25-20;;/h18-19,21H,2-17,23H2,1H3,(H,24,25);;/q;+1;-1/t21-;;/m0../s1. The molecule has 0 unspecified atom stereocenters. The van der Waals surface area contributed by atoms with Crippen LogP contribution in [0.3, 0.4) is 0 Å². The normalized spacial score (nSPS) is 11.8. The minimum atomic E-state index is -0.614. The van der Waals surface area contributed by atoms with Crippen LogP contribution in [0.4, 0.5) is 0 Å². The summed E-state index contributed by atoms with van der Waals surface area (Å²) in [6, 6.07) is -0.614. The van der Waals surface area contributed by atoms with Gasteiger partial charge in [0.2, 0.25) is 0 Å². The molecule has 1 heterocycles. The molecule has 0 aromatic carbocycles. The van der Waals surface area contributed by atoms with Crippen molar-refractivity contribution in [3.63, 3.8) is 0 Å². The van der Waals surface area contributed by atoms with Crippen LogP contribution < -0.4 is 35.3 Å². The first kappa shape index (κ1) is 27.6. The summed E-state index contributed by atoms with van der Waals surface area (Å²) < 4.78 is 5.26. The molecule has 1 atom stereocenters. The zero-order valence-corrected chi connectivity index (χ0v) is 20.4. The van der Waals surface area contributed by atoms with Crippen LogP contribution in [0.2, 0.25) is 0 Å². The molecule has 0 saturated carbocycles. The summed E-state index contributed by atoms with van der Waals surface area (Å²) in [4.78, 5) is 18.7. The number of nitrogens with zero attached hydrogens (tertiary/aromatic N) is 1. The number of rotatable bonds is 18. The van der Waals surface area contributed by atoms with E-state index in [0.29, 0.717) is 13.0 Å². The zero-order valence-electron chi connectivity index (χ0n) is 19.4. The quantitative estimate of drug-likeness (QED) is 0.224. The van der Waals surface area contributed by atoms with Gasteiger partial charge in [-0.2, -0.15) is 0 Å². The summed E-state index contributed by atoms with van der Waals surface area (Å²) in [5, 5.41) is 0. The number of nitrogens with one attached hydrogen (secondary N) is 1. The van der Waals surface area contributed by atoms with Crippen molar-refractivity contribution in [2.24, 2.45) is 5.73 Å². The summed E-state index contributed by atoms with van der Waals surface area (Å²) >= 11 is 0. The smallest absolute Gasteiger partial charge is 1.00 e. The van der Waals surface area contributed by atoms with Gasteiger partial charge in [-0.1, -0.05) is 90.4 Å². The molecule has 0 amide bonds. The van der Waals surface area contributed by atoms with E-state index in [1.165, 1.54) is 77.0 Å². The van der Waals surface area contributed by atoms with E-state index in [4.69, 9.17) is 10.5 Å². The molecule has 5 nitrogen and oxygen atoms in total. The zero-order chi connectivity index (χ0) is 19.6. The van der Waals surface area contributed by atoms with Crippen molar-refractivity contribution in [1.29, 1.82) is 0 Å². The van der Waals surface area contributed by atoms with E-state index in [0.717, 1.165) is 18.5 Å². The number of carbonyl (C=O) groups is 1. The maximum atomic E-state index is 11.8. The van der Waals surface area contributed by atoms with Crippen molar-refractivity contribution in [2.45, 2.75) is 109 Å². The van der Waals surface area contributed by atoms with E-state index >= 15 is 0 Å². The molecule has 1 rings (SSSR count). The van der Waals surface area contributed by atoms with Crippen molar-refractivity contribution in [2.75, 3.05) is 6.61 Å². The van der Waals surface area contributed by atoms with Crippen molar-refractivity contribution < 1.29 is 40.5 Å². The van der Waals surface area contributed by atoms with Gasteiger partial charge >= 0.3 is 35.5 Å². The molecule has 3 N–H and O–H groups in total. The molecule has 0 fully saturated rings. The third kappa shape index (κ3) is 15.5. The second-order valence-electron chi connectivity index (χ2n) is 7.65. The molecule has 1 aromatic heterocycles.